The van der Waals surface area contributed by atoms with Gasteiger partial charge in [-0.2, -0.15) is 0 Å². The number of thioether (sulfide) groups is 1. The topological polar surface area (TPSA) is 54.9 Å². The second-order valence-corrected chi connectivity index (χ2v) is 7.19. The van der Waals surface area contributed by atoms with Crippen molar-refractivity contribution in [2.75, 3.05) is 5.75 Å². The molecule has 2 aromatic rings. The number of carbonyl (C=O) groups is 1. The number of hydrogen-bond acceptors (Lipinski definition) is 4. The zero-order valence-electron chi connectivity index (χ0n) is 13.7. The van der Waals surface area contributed by atoms with Crippen LogP contribution in [-0.4, -0.2) is 27.7 Å². The van der Waals surface area contributed by atoms with Crippen LogP contribution in [0.25, 0.3) is 10.9 Å². The third-order valence-corrected chi connectivity index (χ3v) is 4.99. The van der Waals surface area contributed by atoms with Crippen LogP contribution in [0.1, 0.15) is 51.3 Å². The lowest BCUT2D eigenvalue weighted by Gasteiger charge is -2.13. The van der Waals surface area contributed by atoms with E-state index in [4.69, 9.17) is 4.98 Å². The van der Waals surface area contributed by atoms with E-state index in [-0.39, 0.29) is 11.9 Å². The van der Waals surface area contributed by atoms with Gasteiger partial charge in [-0.15, -0.1) is 0 Å². The molecule has 0 aliphatic heterocycles. The first-order chi connectivity index (χ1) is 11.2. The van der Waals surface area contributed by atoms with Crippen LogP contribution in [0.3, 0.4) is 0 Å². The van der Waals surface area contributed by atoms with Crippen LogP contribution >= 0.6 is 11.8 Å². The Morgan fingerprint density at radius 3 is 2.87 bits per heavy atom. The highest BCUT2D eigenvalue weighted by Crippen LogP contribution is 2.39. The van der Waals surface area contributed by atoms with E-state index >= 15 is 0 Å². The third-order valence-electron chi connectivity index (χ3n) is 4.00. The molecule has 0 radical (unpaired) electrons. The van der Waals surface area contributed by atoms with E-state index in [0.29, 0.717) is 11.7 Å². The molecule has 1 aromatic carbocycles. The molecule has 23 heavy (non-hydrogen) atoms. The van der Waals surface area contributed by atoms with Crippen LogP contribution in [0, 0.1) is 0 Å². The highest BCUT2D eigenvalue weighted by atomic mass is 32.2. The van der Waals surface area contributed by atoms with E-state index in [1.807, 2.05) is 24.3 Å². The molecule has 1 aliphatic carbocycles. The predicted octanol–water partition coefficient (Wildman–Crippen LogP) is 3.90. The summed E-state index contributed by atoms with van der Waals surface area (Å²) in [6, 6.07) is 8.29. The lowest BCUT2D eigenvalue weighted by Crippen LogP contribution is -2.33. The van der Waals surface area contributed by atoms with Crippen LogP contribution in [0.15, 0.2) is 29.3 Å². The lowest BCUT2D eigenvalue weighted by molar-refractivity contribution is -0.119. The molecule has 0 saturated heterocycles. The van der Waals surface area contributed by atoms with Crippen molar-refractivity contribution in [1.82, 2.24) is 15.3 Å². The largest absolute Gasteiger partial charge is 0.353 e. The van der Waals surface area contributed by atoms with E-state index in [1.54, 1.807) is 0 Å². The molecule has 4 nitrogen and oxygen atoms in total. The number of benzene rings is 1. The maximum absolute atomic E-state index is 12.1. The summed E-state index contributed by atoms with van der Waals surface area (Å²) in [7, 11) is 0. The molecule has 3 rings (SSSR count). The summed E-state index contributed by atoms with van der Waals surface area (Å²) in [4.78, 5) is 21.5. The van der Waals surface area contributed by atoms with Gasteiger partial charge in [0.1, 0.15) is 10.9 Å². The first kappa shape index (κ1) is 16.2. The Morgan fingerprint density at radius 2 is 2.13 bits per heavy atom. The number of rotatable bonds is 7. The van der Waals surface area contributed by atoms with Crippen molar-refractivity contribution in [1.29, 1.82) is 0 Å². The van der Waals surface area contributed by atoms with Crippen LogP contribution < -0.4 is 5.32 Å². The Labute approximate surface area is 141 Å². The van der Waals surface area contributed by atoms with Crippen molar-refractivity contribution < 1.29 is 4.79 Å². The van der Waals surface area contributed by atoms with Gasteiger partial charge in [-0.25, -0.2) is 9.97 Å². The summed E-state index contributed by atoms with van der Waals surface area (Å²) in [6.45, 7) is 4.18. The van der Waals surface area contributed by atoms with Crippen molar-refractivity contribution in [3.05, 3.63) is 30.1 Å². The molecule has 1 fully saturated rings. The molecule has 1 aromatic heterocycles. The molecule has 5 heteroatoms. The molecule has 1 saturated carbocycles. The Hall–Kier alpha value is -1.62. The van der Waals surface area contributed by atoms with Crippen molar-refractivity contribution in [3.8, 4) is 0 Å². The smallest absolute Gasteiger partial charge is 0.230 e. The molecular formula is C18H23N3OS. The maximum atomic E-state index is 12.1. The van der Waals surface area contributed by atoms with Gasteiger partial charge in [0.25, 0.3) is 0 Å². The standard InChI is InChI=1S/C18H23N3OS/c1-3-6-12(2)19-16(22)11-23-18-14-7-4-5-8-15(14)20-17(21-18)13-9-10-13/h4-5,7-8,12-13H,3,6,9-11H2,1-2H3,(H,19,22). The van der Waals surface area contributed by atoms with Crippen molar-refractivity contribution in [2.45, 2.75) is 56.5 Å². The van der Waals surface area contributed by atoms with Gasteiger partial charge in [0, 0.05) is 17.3 Å². The average molecular weight is 329 g/mol. The number of carbonyl (C=O) groups excluding carboxylic acids is 1. The summed E-state index contributed by atoms with van der Waals surface area (Å²) >= 11 is 1.51. The fraction of sp³-hybridized carbons (Fsp3) is 0.500. The molecule has 0 spiro atoms. The van der Waals surface area contributed by atoms with E-state index in [9.17, 15) is 4.79 Å². The number of hydrogen-bond donors (Lipinski definition) is 1. The Bertz CT molecular complexity index is 700. The van der Waals surface area contributed by atoms with Crippen LogP contribution in [0.4, 0.5) is 0 Å². The highest BCUT2D eigenvalue weighted by Gasteiger charge is 2.27. The van der Waals surface area contributed by atoms with Crippen LogP contribution in [-0.2, 0) is 4.79 Å². The molecule has 1 N–H and O–H groups in total. The summed E-state index contributed by atoms with van der Waals surface area (Å²) in [5, 5.41) is 5.01. The van der Waals surface area contributed by atoms with Gasteiger partial charge < -0.3 is 5.32 Å². The van der Waals surface area contributed by atoms with E-state index < -0.39 is 0 Å². The summed E-state index contributed by atoms with van der Waals surface area (Å²) < 4.78 is 0. The number of nitrogens with one attached hydrogen (secondary N) is 1. The van der Waals surface area contributed by atoms with Gasteiger partial charge in [-0.05, 0) is 32.3 Å². The second-order valence-electron chi connectivity index (χ2n) is 6.22. The number of nitrogens with zero attached hydrogens (tertiary/aromatic N) is 2. The fourth-order valence-electron chi connectivity index (χ4n) is 2.65. The summed E-state index contributed by atoms with van der Waals surface area (Å²) in [6.07, 6.45) is 4.45. The zero-order valence-corrected chi connectivity index (χ0v) is 14.5. The van der Waals surface area contributed by atoms with E-state index in [2.05, 4.69) is 24.1 Å². The van der Waals surface area contributed by atoms with Crippen molar-refractivity contribution in [2.24, 2.45) is 0 Å². The summed E-state index contributed by atoms with van der Waals surface area (Å²) in [5.74, 6) is 1.93. The number of amides is 1. The van der Waals surface area contributed by atoms with Crippen LogP contribution in [0.2, 0.25) is 0 Å². The first-order valence-corrected chi connectivity index (χ1v) is 9.34. The Kier molecular flexibility index (Phi) is 5.16. The van der Waals surface area contributed by atoms with Gasteiger partial charge in [0.15, 0.2) is 0 Å². The SMILES string of the molecule is CCCC(C)NC(=O)CSc1nc(C2CC2)nc2ccccc12. The van der Waals surface area contributed by atoms with E-state index in [0.717, 1.165) is 34.6 Å². The highest BCUT2D eigenvalue weighted by molar-refractivity contribution is 8.00. The zero-order chi connectivity index (χ0) is 16.2. The molecule has 122 valence electrons. The van der Waals surface area contributed by atoms with Gasteiger partial charge in [-0.1, -0.05) is 43.3 Å². The second kappa shape index (κ2) is 7.30. The molecule has 1 aliphatic rings. The minimum Gasteiger partial charge on any atom is -0.353 e. The molecule has 1 amide bonds. The lowest BCUT2D eigenvalue weighted by atomic mass is 10.2. The van der Waals surface area contributed by atoms with Crippen molar-refractivity contribution in [3.63, 3.8) is 0 Å². The molecule has 1 heterocycles. The van der Waals surface area contributed by atoms with Gasteiger partial charge in [-0.3, -0.25) is 4.79 Å². The van der Waals surface area contributed by atoms with Gasteiger partial charge in [0.2, 0.25) is 5.91 Å². The number of para-hydroxylation sites is 1. The Morgan fingerprint density at radius 1 is 1.35 bits per heavy atom. The maximum Gasteiger partial charge on any atom is 0.230 e. The minimum atomic E-state index is 0.0756. The number of aromatic nitrogens is 2. The van der Waals surface area contributed by atoms with E-state index in [1.165, 1.54) is 24.6 Å². The number of fused-ring (bicyclic) bond motifs is 1. The van der Waals surface area contributed by atoms with Crippen LogP contribution in [0.5, 0.6) is 0 Å². The van der Waals surface area contributed by atoms with Gasteiger partial charge >= 0.3 is 0 Å². The third kappa shape index (κ3) is 4.22. The fourth-order valence-corrected chi connectivity index (χ4v) is 3.49. The minimum absolute atomic E-state index is 0.0756. The first-order valence-electron chi connectivity index (χ1n) is 8.36. The monoisotopic (exact) mass is 329 g/mol. The predicted molar refractivity (Wildman–Crippen MR) is 94.7 cm³/mol. The summed E-state index contributed by atoms with van der Waals surface area (Å²) in [5.41, 5.74) is 0.978. The van der Waals surface area contributed by atoms with Gasteiger partial charge in [0.05, 0.1) is 11.3 Å². The molecular weight excluding hydrogens is 306 g/mol. The molecule has 0 bridgehead atoms. The molecule has 1 unspecified atom stereocenters. The average Bonchev–Trinajstić information content (AvgIpc) is 3.37. The molecule has 1 atom stereocenters. The Balaban J connectivity index is 1.72. The quantitative estimate of drug-likeness (QED) is 0.618. The normalized spacial score (nSPS) is 15.6. The van der Waals surface area contributed by atoms with Crippen molar-refractivity contribution >= 4 is 28.6 Å².